The van der Waals surface area contributed by atoms with Crippen molar-refractivity contribution in [3.05, 3.63) is 52.1 Å². The van der Waals surface area contributed by atoms with E-state index in [2.05, 4.69) is 24.3 Å². The second-order valence-corrected chi connectivity index (χ2v) is 5.17. The number of hydrogen-bond acceptors (Lipinski definition) is 4. The van der Waals surface area contributed by atoms with Crippen molar-refractivity contribution in [1.29, 1.82) is 0 Å². The molecule has 0 bridgehead atoms. The number of rotatable bonds is 6. The molecule has 2 aromatic rings. The van der Waals surface area contributed by atoms with Crippen molar-refractivity contribution in [3.8, 4) is 5.69 Å². The number of nitro benzene ring substituents is 1. The molecule has 0 saturated carbocycles. The fourth-order valence-corrected chi connectivity index (χ4v) is 1.87. The van der Waals surface area contributed by atoms with Crippen molar-refractivity contribution in [2.45, 2.75) is 20.4 Å². The highest BCUT2D eigenvalue weighted by Gasteiger charge is 2.12. The number of aromatic nitrogens is 2. The van der Waals surface area contributed by atoms with Gasteiger partial charge in [0.25, 0.3) is 5.69 Å². The summed E-state index contributed by atoms with van der Waals surface area (Å²) in [6.45, 7) is 5.69. The molecule has 0 fully saturated rings. The van der Waals surface area contributed by atoms with Gasteiger partial charge in [-0.25, -0.2) is 9.07 Å². The van der Waals surface area contributed by atoms with Gasteiger partial charge >= 0.3 is 0 Å². The zero-order valence-electron chi connectivity index (χ0n) is 11.9. The van der Waals surface area contributed by atoms with E-state index < -0.39 is 10.7 Å². The van der Waals surface area contributed by atoms with Gasteiger partial charge < -0.3 is 5.32 Å². The number of non-ortho nitro benzene ring substituents is 1. The normalized spacial score (nSPS) is 11.0. The van der Waals surface area contributed by atoms with Gasteiger partial charge in [-0.05, 0) is 24.6 Å². The van der Waals surface area contributed by atoms with Gasteiger partial charge in [-0.3, -0.25) is 10.1 Å². The van der Waals surface area contributed by atoms with E-state index in [9.17, 15) is 14.5 Å². The molecular weight excluding hydrogens is 275 g/mol. The van der Waals surface area contributed by atoms with Crippen molar-refractivity contribution in [1.82, 2.24) is 15.1 Å². The molecule has 112 valence electrons. The van der Waals surface area contributed by atoms with Crippen LogP contribution in [0.2, 0.25) is 0 Å². The minimum Gasteiger partial charge on any atom is -0.311 e. The first-order chi connectivity index (χ1) is 9.97. The number of benzene rings is 1. The Labute approximate surface area is 121 Å². The van der Waals surface area contributed by atoms with Crippen LogP contribution in [0.15, 0.2) is 30.5 Å². The van der Waals surface area contributed by atoms with Gasteiger partial charge in [-0.15, -0.1) is 0 Å². The maximum absolute atomic E-state index is 13.9. The maximum atomic E-state index is 13.9. The summed E-state index contributed by atoms with van der Waals surface area (Å²) in [5.41, 5.74) is 0.700. The zero-order chi connectivity index (χ0) is 15.4. The molecule has 1 heterocycles. The van der Waals surface area contributed by atoms with Crippen LogP contribution in [-0.4, -0.2) is 21.2 Å². The summed E-state index contributed by atoms with van der Waals surface area (Å²) in [5.74, 6) is -0.131. The third kappa shape index (κ3) is 3.85. The van der Waals surface area contributed by atoms with Crippen LogP contribution >= 0.6 is 0 Å². The Hall–Kier alpha value is -2.28. The molecule has 6 nitrogen and oxygen atoms in total. The summed E-state index contributed by atoms with van der Waals surface area (Å²) in [5, 5.41) is 18.1. The van der Waals surface area contributed by atoms with Gasteiger partial charge in [0.2, 0.25) is 0 Å². The SMILES string of the molecule is CC(C)CNCc1ccn(-c2ccc([N+](=O)[O-])cc2F)n1. The molecule has 21 heavy (non-hydrogen) atoms. The number of halogens is 1. The molecule has 1 N–H and O–H groups in total. The number of nitro groups is 1. The van der Waals surface area contributed by atoms with E-state index in [0.717, 1.165) is 18.3 Å². The van der Waals surface area contributed by atoms with Crippen molar-refractivity contribution in [2.75, 3.05) is 6.54 Å². The molecule has 7 heteroatoms. The lowest BCUT2D eigenvalue weighted by Crippen LogP contribution is -2.19. The van der Waals surface area contributed by atoms with E-state index in [1.165, 1.54) is 16.8 Å². The highest BCUT2D eigenvalue weighted by Crippen LogP contribution is 2.19. The van der Waals surface area contributed by atoms with Crippen molar-refractivity contribution in [3.63, 3.8) is 0 Å². The van der Waals surface area contributed by atoms with E-state index >= 15 is 0 Å². The average Bonchev–Trinajstić information content (AvgIpc) is 2.86. The molecule has 0 amide bonds. The first-order valence-electron chi connectivity index (χ1n) is 6.67. The van der Waals surface area contributed by atoms with Gasteiger partial charge in [0.1, 0.15) is 5.69 Å². The minimum atomic E-state index is -0.672. The Balaban J connectivity index is 2.12. The molecule has 2 rings (SSSR count). The first-order valence-corrected chi connectivity index (χ1v) is 6.67. The number of hydrogen-bond donors (Lipinski definition) is 1. The van der Waals surface area contributed by atoms with Crippen LogP contribution in [-0.2, 0) is 6.54 Å². The highest BCUT2D eigenvalue weighted by atomic mass is 19.1. The molecule has 1 aromatic heterocycles. The quantitative estimate of drug-likeness (QED) is 0.656. The molecule has 1 aromatic carbocycles. The Morgan fingerprint density at radius 3 is 2.81 bits per heavy atom. The predicted molar refractivity (Wildman–Crippen MR) is 76.7 cm³/mol. The Morgan fingerprint density at radius 2 is 2.19 bits per heavy atom. The van der Waals surface area contributed by atoms with E-state index in [4.69, 9.17) is 0 Å². The van der Waals surface area contributed by atoms with E-state index in [1.54, 1.807) is 12.3 Å². The van der Waals surface area contributed by atoms with Crippen LogP contribution in [0.3, 0.4) is 0 Å². The smallest absolute Gasteiger partial charge is 0.272 e. The standard InChI is InChI=1S/C14H17FN4O2/c1-10(2)8-16-9-11-5-6-18(17-11)14-4-3-12(19(20)21)7-13(14)15/h3-7,10,16H,8-9H2,1-2H3. The molecule has 0 atom stereocenters. The van der Waals surface area contributed by atoms with Crippen LogP contribution < -0.4 is 5.32 Å². The van der Waals surface area contributed by atoms with Crippen molar-refractivity contribution >= 4 is 5.69 Å². The summed E-state index contributed by atoms with van der Waals surface area (Å²) in [6, 6.07) is 5.30. The fraction of sp³-hybridized carbons (Fsp3) is 0.357. The van der Waals surface area contributed by atoms with Crippen molar-refractivity contribution < 1.29 is 9.31 Å². The highest BCUT2D eigenvalue weighted by molar-refractivity contribution is 5.42. The summed E-state index contributed by atoms with van der Waals surface area (Å²) in [4.78, 5) is 9.96. The van der Waals surface area contributed by atoms with Crippen molar-refractivity contribution in [2.24, 2.45) is 5.92 Å². The third-order valence-corrected chi connectivity index (χ3v) is 2.89. The maximum Gasteiger partial charge on any atom is 0.272 e. The predicted octanol–water partition coefficient (Wildman–Crippen LogP) is 2.67. The Morgan fingerprint density at radius 1 is 1.43 bits per heavy atom. The molecule has 0 aliphatic heterocycles. The lowest BCUT2D eigenvalue weighted by Gasteiger charge is -2.05. The average molecular weight is 292 g/mol. The lowest BCUT2D eigenvalue weighted by atomic mass is 10.2. The van der Waals surface area contributed by atoms with Gasteiger partial charge in [-0.2, -0.15) is 5.10 Å². The Bertz CT molecular complexity index is 640. The van der Waals surface area contributed by atoms with Gasteiger partial charge in [0, 0.05) is 18.8 Å². The van der Waals surface area contributed by atoms with E-state index in [-0.39, 0.29) is 11.4 Å². The van der Waals surface area contributed by atoms with Crippen LogP contribution in [0.4, 0.5) is 10.1 Å². The molecule has 0 unspecified atom stereocenters. The zero-order valence-corrected chi connectivity index (χ0v) is 11.9. The van der Waals surface area contributed by atoms with Gasteiger partial charge in [0.05, 0.1) is 16.7 Å². The molecule has 0 aliphatic carbocycles. The summed E-state index contributed by atoms with van der Waals surface area (Å²) in [6.07, 6.45) is 1.64. The number of nitrogens with one attached hydrogen (secondary N) is 1. The second kappa shape index (κ2) is 6.45. The largest absolute Gasteiger partial charge is 0.311 e. The van der Waals surface area contributed by atoms with Crippen LogP contribution in [0.25, 0.3) is 5.69 Å². The summed E-state index contributed by atoms with van der Waals surface area (Å²) in [7, 11) is 0. The summed E-state index contributed by atoms with van der Waals surface area (Å²) < 4.78 is 15.3. The van der Waals surface area contributed by atoms with Gasteiger partial charge in [0.15, 0.2) is 5.82 Å². The summed E-state index contributed by atoms with van der Waals surface area (Å²) >= 11 is 0. The van der Waals surface area contributed by atoms with Gasteiger partial charge in [-0.1, -0.05) is 13.8 Å². The molecule has 0 radical (unpaired) electrons. The van der Waals surface area contributed by atoms with Crippen LogP contribution in [0, 0.1) is 21.8 Å². The Kier molecular flexibility index (Phi) is 4.64. The minimum absolute atomic E-state index is 0.190. The first kappa shape index (κ1) is 15.1. The lowest BCUT2D eigenvalue weighted by molar-refractivity contribution is -0.385. The molecule has 0 spiro atoms. The third-order valence-electron chi connectivity index (χ3n) is 2.89. The molecule has 0 aliphatic rings. The van der Waals surface area contributed by atoms with E-state index in [0.29, 0.717) is 12.5 Å². The van der Waals surface area contributed by atoms with E-state index in [1.807, 2.05) is 0 Å². The fourth-order valence-electron chi connectivity index (χ4n) is 1.87. The number of nitrogens with zero attached hydrogens (tertiary/aromatic N) is 3. The van der Waals surface area contributed by atoms with Crippen LogP contribution in [0.5, 0.6) is 0 Å². The second-order valence-electron chi connectivity index (χ2n) is 5.17. The topological polar surface area (TPSA) is 73.0 Å². The monoisotopic (exact) mass is 292 g/mol. The van der Waals surface area contributed by atoms with Crippen LogP contribution in [0.1, 0.15) is 19.5 Å². The molecular formula is C14H17FN4O2. The molecule has 0 saturated heterocycles.